The van der Waals surface area contributed by atoms with Crippen molar-refractivity contribution in [1.29, 1.82) is 0 Å². The summed E-state index contributed by atoms with van der Waals surface area (Å²) >= 11 is 12.1. The number of benzene rings is 2. The third kappa shape index (κ3) is 5.48. The summed E-state index contributed by atoms with van der Waals surface area (Å²) in [6, 6.07) is 11.8. The lowest BCUT2D eigenvalue weighted by atomic mass is 10.1. The molecule has 2 aromatic rings. The fraction of sp³-hybridized carbons (Fsp3) is 0.318. The summed E-state index contributed by atoms with van der Waals surface area (Å²) in [4.78, 5) is 41.0. The second kappa shape index (κ2) is 10.5. The smallest absolute Gasteiger partial charge is 0.255 e. The molecular formula is C22H23Cl2N3O4. The van der Waals surface area contributed by atoms with Gasteiger partial charge in [0.25, 0.3) is 11.8 Å². The predicted octanol–water partition coefficient (Wildman–Crippen LogP) is 3.11. The number of carbonyl (C=O) groups excluding carboxylic acids is 3. The second-order valence-electron chi connectivity index (χ2n) is 6.89. The van der Waals surface area contributed by atoms with Gasteiger partial charge in [0.2, 0.25) is 5.91 Å². The van der Waals surface area contributed by atoms with Crippen LogP contribution in [-0.2, 0) is 4.79 Å². The molecule has 0 atom stereocenters. The van der Waals surface area contributed by atoms with Crippen molar-refractivity contribution < 1.29 is 19.1 Å². The fourth-order valence-electron chi connectivity index (χ4n) is 3.30. The van der Waals surface area contributed by atoms with Crippen LogP contribution in [0, 0.1) is 0 Å². The predicted molar refractivity (Wildman–Crippen MR) is 119 cm³/mol. The molecule has 0 aromatic heterocycles. The van der Waals surface area contributed by atoms with Crippen molar-refractivity contribution in [2.75, 3.05) is 39.3 Å². The second-order valence-corrected chi connectivity index (χ2v) is 7.67. The van der Waals surface area contributed by atoms with E-state index < -0.39 is 0 Å². The van der Waals surface area contributed by atoms with E-state index in [1.165, 1.54) is 0 Å². The van der Waals surface area contributed by atoms with Gasteiger partial charge in [-0.15, -0.1) is 0 Å². The molecular weight excluding hydrogens is 441 g/mol. The maximum Gasteiger partial charge on any atom is 0.255 e. The number of rotatable bonds is 6. The Morgan fingerprint density at radius 2 is 1.58 bits per heavy atom. The molecule has 1 aliphatic heterocycles. The van der Waals surface area contributed by atoms with E-state index in [2.05, 4.69) is 5.32 Å². The summed E-state index contributed by atoms with van der Waals surface area (Å²) in [5.74, 6) is -0.334. The Balaban J connectivity index is 1.52. The lowest BCUT2D eigenvalue weighted by Crippen LogP contribution is -2.52. The van der Waals surface area contributed by atoms with Gasteiger partial charge in [0.05, 0.1) is 34.3 Å². The Bertz CT molecular complexity index is 975. The van der Waals surface area contributed by atoms with Crippen LogP contribution in [0.1, 0.15) is 27.6 Å². The maximum absolute atomic E-state index is 12.7. The van der Waals surface area contributed by atoms with Gasteiger partial charge in [0.1, 0.15) is 5.75 Å². The Morgan fingerprint density at radius 3 is 2.29 bits per heavy atom. The molecule has 1 heterocycles. The minimum absolute atomic E-state index is 0.132. The highest BCUT2D eigenvalue weighted by Crippen LogP contribution is 2.26. The van der Waals surface area contributed by atoms with Gasteiger partial charge in [-0.2, -0.15) is 0 Å². The van der Waals surface area contributed by atoms with Crippen molar-refractivity contribution in [2.24, 2.45) is 0 Å². The Kier molecular flexibility index (Phi) is 7.76. The monoisotopic (exact) mass is 463 g/mol. The number of amides is 3. The van der Waals surface area contributed by atoms with Gasteiger partial charge in [-0.1, -0.05) is 41.4 Å². The van der Waals surface area contributed by atoms with Crippen LogP contribution in [-0.4, -0.2) is 66.9 Å². The molecule has 9 heteroatoms. The zero-order valence-electron chi connectivity index (χ0n) is 17.1. The van der Waals surface area contributed by atoms with Gasteiger partial charge in [0, 0.05) is 26.2 Å². The number of piperazine rings is 1. The van der Waals surface area contributed by atoms with E-state index in [4.69, 9.17) is 27.9 Å². The van der Waals surface area contributed by atoms with Crippen molar-refractivity contribution in [3.8, 4) is 5.75 Å². The summed E-state index contributed by atoms with van der Waals surface area (Å²) in [6.07, 6.45) is 0. The van der Waals surface area contributed by atoms with Crippen molar-refractivity contribution in [3.05, 3.63) is 63.6 Å². The minimum Gasteiger partial charge on any atom is -0.493 e. The van der Waals surface area contributed by atoms with Crippen LogP contribution in [0.25, 0.3) is 0 Å². The lowest BCUT2D eigenvalue weighted by Gasteiger charge is -2.35. The average molecular weight is 464 g/mol. The molecule has 164 valence electrons. The van der Waals surface area contributed by atoms with Gasteiger partial charge >= 0.3 is 0 Å². The molecule has 0 radical (unpaired) electrons. The molecule has 1 aliphatic rings. The number of halogens is 2. The Labute approximate surface area is 190 Å². The first kappa shape index (κ1) is 22.9. The molecule has 1 N–H and O–H groups in total. The molecule has 7 nitrogen and oxygen atoms in total. The molecule has 1 fully saturated rings. The van der Waals surface area contributed by atoms with Gasteiger partial charge in [-0.05, 0) is 31.2 Å². The van der Waals surface area contributed by atoms with Crippen LogP contribution in [0.5, 0.6) is 5.75 Å². The van der Waals surface area contributed by atoms with Crippen molar-refractivity contribution in [2.45, 2.75) is 6.92 Å². The van der Waals surface area contributed by atoms with Crippen LogP contribution in [0.3, 0.4) is 0 Å². The maximum atomic E-state index is 12.7. The molecule has 0 spiro atoms. The zero-order chi connectivity index (χ0) is 22.4. The number of ether oxygens (including phenoxy) is 1. The van der Waals surface area contributed by atoms with E-state index in [1.54, 1.807) is 52.3 Å². The SMILES string of the molecule is CCOc1ccccc1C(=O)NCC(=O)N1CCN(C(=O)c2cccc(Cl)c2Cl)CC1. The van der Waals surface area contributed by atoms with Crippen LogP contribution in [0.15, 0.2) is 42.5 Å². The summed E-state index contributed by atoms with van der Waals surface area (Å²) in [5.41, 5.74) is 0.722. The zero-order valence-corrected chi connectivity index (χ0v) is 18.6. The number of hydrogen-bond acceptors (Lipinski definition) is 4. The molecule has 0 saturated carbocycles. The molecule has 3 amide bonds. The van der Waals surface area contributed by atoms with Gasteiger partial charge in [-0.25, -0.2) is 0 Å². The topological polar surface area (TPSA) is 79.0 Å². The quantitative estimate of drug-likeness (QED) is 0.713. The van der Waals surface area contributed by atoms with E-state index in [0.717, 1.165) is 0 Å². The number of hydrogen-bond donors (Lipinski definition) is 1. The standard InChI is InChI=1S/C22H23Cl2N3O4/c1-2-31-18-9-4-3-6-15(18)21(29)25-14-19(28)26-10-12-27(13-11-26)22(30)16-7-5-8-17(23)20(16)24/h3-9H,2,10-14H2,1H3,(H,25,29). The molecule has 0 aliphatic carbocycles. The van der Waals surface area contributed by atoms with Crippen molar-refractivity contribution in [3.63, 3.8) is 0 Å². The van der Waals surface area contributed by atoms with Crippen LogP contribution >= 0.6 is 23.2 Å². The molecule has 0 unspecified atom stereocenters. The highest BCUT2D eigenvalue weighted by molar-refractivity contribution is 6.43. The molecule has 3 rings (SSSR count). The fourth-order valence-corrected chi connectivity index (χ4v) is 3.68. The first-order valence-corrected chi connectivity index (χ1v) is 10.7. The molecule has 0 bridgehead atoms. The highest BCUT2D eigenvalue weighted by Gasteiger charge is 2.26. The number of carbonyl (C=O) groups is 3. The molecule has 2 aromatic carbocycles. The normalized spacial score (nSPS) is 13.6. The summed E-state index contributed by atoms with van der Waals surface area (Å²) in [7, 11) is 0. The van der Waals surface area contributed by atoms with Crippen molar-refractivity contribution in [1.82, 2.24) is 15.1 Å². The highest BCUT2D eigenvalue weighted by atomic mass is 35.5. The largest absolute Gasteiger partial charge is 0.493 e. The van der Waals surface area contributed by atoms with E-state index >= 15 is 0 Å². The number of para-hydroxylation sites is 1. The van der Waals surface area contributed by atoms with E-state index in [0.29, 0.717) is 54.7 Å². The summed E-state index contributed by atoms with van der Waals surface area (Å²) < 4.78 is 5.46. The Morgan fingerprint density at radius 1 is 0.935 bits per heavy atom. The number of nitrogens with zero attached hydrogens (tertiary/aromatic N) is 2. The summed E-state index contributed by atoms with van der Waals surface area (Å²) in [6.45, 7) is 3.62. The van der Waals surface area contributed by atoms with Crippen LogP contribution in [0.4, 0.5) is 0 Å². The third-order valence-corrected chi connectivity index (χ3v) is 5.75. The Hall–Kier alpha value is -2.77. The van der Waals surface area contributed by atoms with E-state index in [1.807, 2.05) is 6.92 Å². The van der Waals surface area contributed by atoms with Gasteiger partial charge < -0.3 is 19.9 Å². The molecule has 1 saturated heterocycles. The van der Waals surface area contributed by atoms with Gasteiger partial charge in [-0.3, -0.25) is 14.4 Å². The minimum atomic E-state index is -0.373. The van der Waals surface area contributed by atoms with Gasteiger partial charge in [0.15, 0.2) is 0 Å². The van der Waals surface area contributed by atoms with E-state index in [9.17, 15) is 14.4 Å². The third-order valence-electron chi connectivity index (χ3n) is 4.93. The molecule has 31 heavy (non-hydrogen) atoms. The first-order chi connectivity index (χ1) is 14.9. The van der Waals surface area contributed by atoms with Crippen LogP contribution < -0.4 is 10.1 Å². The number of nitrogens with one attached hydrogen (secondary N) is 1. The first-order valence-electron chi connectivity index (χ1n) is 9.93. The lowest BCUT2D eigenvalue weighted by molar-refractivity contribution is -0.131. The van der Waals surface area contributed by atoms with Crippen molar-refractivity contribution >= 4 is 40.9 Å². The summed E-state index contributed by atoms with van der Waals surface area (Å²) in [5, 5.41) is 3.19. The van der Waals surface area contributed by atoms with E-state index in [-0.39, 0.29) is 29.3 Å². The van der Waals surface area contributed by atoms with Crippen LogP contribution in [0.2, 0.25) is 10.0 Å². The average Bonchev–Trinajstić information content (AvgIpc) is 2.79.